The molecular weight excluding hydrogens is 238 g/mol. The molecule has 0 amide bonds. The van der Waals surface area contributed by atoms with Crippen molar-refractivity contribution < 1.29 is 4.74 Å². The molecule has 106 valence electrons. The van der Waals surface area contributed by atoms with E-state index in [9.17, 15) is 0 Å². The van der Waals surface area contributed by atoms with Gasteiger partial charge in [-0.05, 0) is 19.8 Å². The van der Waals surface area contributed by atoms with Crippen LogP contribution in [0.3, 0.4) is 0 Å². The number of rotatable bonds is 5. The molecule has 1 fully saturated rings. The molecule has 1 saturated carbocycles. The van der Waals surface area contributed by atoms with Crippen LogP contribution in [0.25, 0.3) is 0 Å². The summed E-state index contributed by atoms with van der Waals surface area (Å²) in [6.07, 6.45) is 7.77. The van der Waals surface area contributed by atoms with Crippen LogP contribution in [0, 0.1) is 0 Å². The van der Waals surface area contributed by atoms with Gasteiger partial charge in [-0.2, -0.15) is 0 Å². The summed E-state index contributed by atoms with van der Waals surface area (Å²) in [6.45, 7) is 3.53. The second-order valence-electron chi connectivity index (χ2n) is 5.25. The number of anilines is 1. The number of methoxy groups -OCH3 is 1. The van der Waals surface area contributed by atoms with Crippen molar-refractivity contribution in [1.82, 2.24) is 9.97 Å². The third-order valence-electron chi connectivity index (χ3n) is 3.67. The van der Waals surface area contributed by atoms with E-state index >= 15 is 0 Å². The van der Waals surface area contributed by atoms with Crippen molar-refractivity contribution in [3.8, 4) is 0 Å². The first-order valence-electron chi connectivity index (χ1n) is 7.44. The Kier molecular flexibility index (Phi) is 5.58. The number of hydrogen-bond donors (Lipinski definition) is 1. The van der Waals surface area contributed by atoms with Crippen LogP contribution >= 0.6 is 0 Å². The standard InChI is InChI=1S/C15H25N3O/c1-3-16-14-10-13(11-19-2)17-15(18-14)12-8-6-4-5-7-9-12/h10,12H,3-9,11H2,1-2H3,(H,16,17,18). The largest absolute Gasteiger partial charge is 0.378 e. The van der Waals surface area contributed by atoms with E-state index in [1.54, 1.807) is 7.11 Å². The van der Waals surface area contributed by atoms with E-state index in [0.29, 0.717) is 12.5 Å². The van der Waals surface area contributed by atoms with E-state index in [-0.39, 0.29) is 0 Å². The lowest BCUT2D eigenvalue weighted by Crippen LogP contribution is -2.10. The van der Waals surface area contributed by atoms with E-state index in [4.69, 9.17) is 14.7 Å². The lowest BCUT2D eigenvalue weighted by Gasteiger charge is -2.15. The Morgan fingerprint density at radius 3 is 2.58 bits per heavy atom. The Labute approximate surface area is 116 Å². The van der Waals surface area contributed by atoms with Crippen LogP contribution < -0.4 is 5.32 Å². The molecule has 0 unspecified atom stereocenters. The quantitative estimate of drug-likeness (QED) is 0.826. The molecule has 2 rings (SSSR count). The maximum atomic E-state index is 5.21. The summed E-state index contributed by atoms with van der Waals surface area (Å²) in [5.41, 5.74) is 0.979. The van der Waals surface area contributed by atoms with Crippen LogP contribution in [0.1, 0.15) is 62.9 Å². The predicted molar refractivity (Wildman–Crippen MR) is 77.4 cm³/mol. The molecule has 0 atom stereocenters. The smallest absolute Gasteiger partial charge is 0.134 e. The molecule has 1 aromatic rings. The Morgan fingerprint density at radius 1 is 1.21 bits per heavy atom. The molecule has 19 heavy (non-hydrogen) atoms. The minimum absolute atomic E-state index is 0.525. The number of aromatic nitrogens is 2. The summed E-state index contributed by atoms with van der Waals surface area (Å²) in [7, 11) is 1.71. The highest BCUT2D eigenvalue weighted by atomic mass is 16.5. The minimum atomic E-state index is 0.525. The first kappa shape index (κ1) is 14.3. The lowest BCUT2D eigenvalue weighted by atomic mass is 9.99. The number of nitrogens with zero attached hydrogens (tertiary/aromatic N) is 2. The van der Waals surface area contributed by atoms with E-state index in [2.05, 4.69) is 12.2 Å². The summed E-state index contributed by atoms with van der Waals surface area (Å²) in [6, 6.07) is 1.99. The molecule has 1 aliphatic rings. The number of nitrogens with one attached hydrogen (secondary N) is 1. The van der Waals surface area contributed by atoms with Crippen molar-refractivity contribution in [2.24, 2.45) is 0 Å². The highest BCUT2D eigenvalue weighted by Gasteiger charge is 2.18. The molecular formula is C15H25N3O. The molecule has 0 aliphatic heterocycles. The predicted octanol–water partition coefficient (Wildman–Crippen LogP) is 3.49. The fourth-order valence-electron chi connectivity index (χ4n) is 2.73. The fourth-order valence-corrected chi connectivity index (χ4v) is 2.73. The third kappa shape index (κ3) is 4.16. The zero-order valence-corrected chi connectivity index (χ0v) is 12.1. The molecule has 1 heterocycles. The SMILES string of the molecule is CCNc1cc(COC)nc(C2CCCCCC2)n1. The number of hydrogen-bond acceptors (Lipinski definition) is 4. The van der Waals surface area contributed by atoms with Crippen LogP contribution in [0.5, 0.6) is 0 Å². The topological polar surface area (TPSA) is 47.0 Å². The summed E-state index contributed by atoms with van der Waals surface area (Å²) in [4.78, 5) is 9.39. The summed E-state index contributed by atoms with van der Waals surface area (Å²) < 4.78 is 5.21. The van der Waals surface area contributed by atoms with E-state index in [1.165, 1.54) is 38.5 Å². The van der Waals surface area contributed by atoms with Crippen LogP contribution in [-0.2, 0) is 11.3 Å². The van der Waals surface area contributed by atoms with Crippen molar-refractivity contribution in [3.05, 3.63) is 17.6 Å². The van der Waals surface area contributed by atoms with E-state index < -0.39 is 0 Å². The normalized spacial score (nSPS) is 17.2. The second-order valence-corrected chi connectivity index (χ2v) is 5.25. The Balaban J connectivity index is 2.20. The van der Waals surface area contributed by atoms with E-state index in [0.717, 1.165) is 23.9 Å². The molecule has 0 radical (unpaired) electrons. The highest BCUT2D eigenvalue weighted by molar-refractivity contribution is 5.36. The number of ether oxygens (including phenoxy) is 1. The average molecular weight is 263 g/mol. The Hall–Kier alpha value is -1.16. The molecule has 1 aliphatic carbocycles. The van der Waals surface area contributed by atoms with Gasteiger partial charge in [0.2, 0.25) is 0 Å². The van der Waals surface area contributed by atoms with Crippen LogP contribution in [0.15, 0.2) is 6.07 Å². The molecule has 0 aromatic carbocycles. The van der Waals surface area contributed by atoms with Gasteiger partial charge in [0.1, 0.15) is 11.6 Å². The third-order valence-corrected chi connectivity index (χ3v) is 3.67. The van der Waals surface area contributed by atoms with Gasteiger partial charge in [-0.25, -0.2) is 9.97 Å². The van der Waals surface area contributed by atoms with Gasteiger partial charge in [-0.3, -0.25) is 0 Å². The monoisotopic (exact) mass is 263 g/mol. The van der Waals surface area contributed by atoms with Gasteiger partial charge in [0.05, 0.1) is 12.3 Å². The zero-order valence-electron chi connectivity index (χ0n) is 12.1. The van der Waals surface area contributed by atoms with Crippen molar-refractivity contribution in [2.75, 3.05) is 19.0 Å². The molecule has 4 nitrogen and oxygen atoms in total. The second kappa shape index (κ2) is 7.43. The van der Waals surface area contributed by atoms with Crippen LogP contribution in [0.2, 0.25) is 0 Å². The average Bonchev–Trinajstić information content (AvgIpc) is 2.68. The minimum Gasteiger partial charge on any atom is -0.378 e. The van der Waals surface area contributed by atoms with Gasteiger partial charge in [0, 0.05) is 25.6 Å². The molecule has 0 spiro atoms. The van der Waals surface area contributed by atoms with Gasteiger partial charge in [-0.1, -0.05) is 25.7 Å². The summed E-state index contributed by atoms with van der Waals surface area (Å²) >= 11 is 0. The van der Waals surface area contributed by atoms with Crippen molar-refractivity contribution in [1.29, 1.82) is 0 Å². The molecule has 1 aromatic heterocycles. The van der Waals surface area contributed by atoms with Gasteiger partial charge >= 0.3 is 0 Å². The van der Waals surface area contributed by atoms with Crippen LogP contribution in [-0.4, -0.2) is 23.6 Å². The maximum absolute atomic E-state index is 5.21. The van der Waals surface area contributed by atoms with Crippen LogP contribution in [0.4, 0.5) is 5.82 Å². The van der Waals surface area contributed by atoms with Gasteiger partial charge in [0.25, 0.3) is 0 Å². The first-order chi connectivity index (χ1) is 9.33. The maximum Gasteiger partial charge on any atom is 0.134 e. The van der Waals surface area contributed by atoms with Crippen molar-refractivity contribution in [3.63, 3.8) is 0 Å². The van der Waals surface area contributed by atoms with Gasteiger partial charge < -0.3 is 10.1 Å². The molecule has 1 N–H and O–H groups in total. The van der Waals surface area contributed by atoms with Crippen molar-refractivity contribution >= 4 is 5.82 Å². The zero-order chi connectivity index (χ0) is 13.5. The Bertz CT molecular complexity index is 363. The molecule has 4 heteroatoms. The highest BCUT2D eigenvalue weighted by Crippen LogP contribution is 2.30. The lowest BCUT2D eigenvalue weighted by molar-refractivity contribution is 0.181. The molecule has 0 bridgehead atoms. The fraction of sp³-hybridized carbons (Fsp3) is 0.733. The summed E-state index contributed by atoms with van der Waals surface area (Å²) in [5.74, 6) is 2.47. The Morgan fingerprint density at radius 2 is 1.95 bits per heavy atom. The summed E-state index contributed by atoms with van der Waals surface area (Å²) in [5, 5.41) is 3.29. The first-order valence-corrected chi connectivity index (χ1v) is 7.44. The molecule has 0 saturated heterocycles. The van der Waals surface area contributed by atoms with Gasteiger partial charge in [0.15, 0.2) is 0 Å². The van der Waals surface area contributed by atoms with Gasteiger partial charge in [-0.15, -0.1) is 0 Å². The van der Waals surface area contributed by atoms with Crippen molar-refractivity contribution in [2.45, 2.75) is 58.0 Å². The van der Waals surface area contributed by atoms with E-state index in [1.807, 2.05) is 6.07 Å².